The number of aliphatic hydroxyl groups is 1. The van der Waals surface area contributed by atoms with Gasteiger partial charge in [-0.1, -0.05) is 13.0 Å². The normalized spacial score (nSPS) is 24.9. The molecule has 0 unspecified atom stereocenters. The predicted molar refractivity (Wildman–Crippen MR) is 91.3 cm³/mol. The van der Waals surface area contributed by atoms with Crippen molar-refractivity contribution in [1.82, 2.24) is 4.31 Å². The van der Waals surface area contributed by atoms with Crippen molar-refractivity contribution in [1.29, 1.82) is 0 Å². The van der Waals surface area contributed by atoms with Crippen LogP contribution in [0.25, 0.3) is 0 Å². The summed E-state index contributed by atoms with van der Waals surface area (Å²) in [5.41, 5.74) is 1.72. The molecule has 2 atom stereocenters. The van der Waals surface area contributed by atoms with Gasteiger partial charge in [0.2, 0.25) is 15.9 Å². The highest BCUT2D eigenvalue weighted by Crippen LogP contribution is 2.33. The van der Waals surface area contributed by atoms with Gasteiger partial charge in [0.1, 0.15) is 0 Å². The summed E-state index contributed by atoms with van der Waals surface area (Å²) in [4.78, 5) is 13.7. The number of aryl methyl sites for hydroxylation is 1. The number of benzene rings is 1. The van der Waals surface area contributed by atoms with E-state index in [-0.39, 0.29) is 29.2 Å². The lowest BCUT2D eigenvalue weighted by Crippen LogP contribution is -2.34. The van der Waals surface area contributed by atoms with E-state index in [1.807, 2.05) is 13.0 Å². The second-order valence-corrected chi connectivity index (χ2v) is 8.74. The second kappa shape index (κ2) is 6.46. The van der Waals surface area contributed by atoms with Crippen LogP contribution in [-0.4, -0.2) is 50.0 Å². The Balaban J connectivity index is 1.95. The van der Waals surface area contributed by atoms with Crippen molar-refractivity contribution >= 4 is 21.6 Å². The molecule has 1 amide bonds. The fourth-order valence-electron chi connectivity index (χ4n) is 3.61. The zero-order valence-electron chi connectivity index (χ0n) is 14.1. The third-order valence-electron chi connectivity index (χ3n) is 5.16. The SMILES string of the molecule is CC(=O)N1CCCc2ccc(S(=O)(=O)N3C[C@@H](CO)[C@H](C)C3)cc21. The predicted octanol–water partition coefficient (Wildman–Crippen LogP) is 1.23. The molecule has 6 nitrogen and oxygen atoms in total. The zero-order valence-corrected chi connectivity index (χ0v) is 14.9. The zero-order chi connectivity index (χ0) is 17.5. The monoisotopic (exact) mass is 352 g/mol. The molecule has 3 rings (SSSR count). The first kappa shape index (κ1) is 17.4. The first-order valence-electron chi connectivity index (χ1n) is 8.36. The van der Waals surface area contributed by atoms with Crippen LogP contribution in [0.1, 0.15) is 25.8 Å². The highest BCUT2D eigenvalue weighted by atomic mass is 32.2. The number of sulfonamides is 1. The number of amides is 1. The summed E-state index contributed by atoms with van der Waals surface area (Å²) < 4.78 is 27.3. The average molecular weight is 352 g/mol. The molecule has 1 aromatic carbocycles. The Hall–Kier alpha value is -1.44. The molecule has 132 valence electrons. The van der Waals surface area contributed by atoms with Gasteiger partial charge in [-0.3, -0.25) is 4.79 Å². The van der Waals surface area contributed by atoms with Crippen LogP contribution in [0.2, 0.25) is 0 Å². The molecule has 1 N–H and O–H groups in total. The number of hydrogen-bond donors (Lipinski definition) is 1. The Morgan fingerprint density at radius 3 is 2.71 bits per heavy atom. The van der Waals surface area contributed by atoms with Crippen LogP contribution >= 0.6 is 0 Å². The van der Waals surface area contributed by atoms with E-state index in [1.165, 1.54) is 11.2 Å². The van der Waals surface area contributed by atoms with Gasteiger partial charge in [0.05, 0.1) is 4.90 Å². The third kappa shape index (κ3) is 2.96. The molecule has 2 aliphatic heterocycles. The van der Waals surface area contributed by atoms with Gasteiger partial charge in [0.25, 0.3) is 0 Å². The van der Waals surface area contributed by atoms with Crippen LogP contribution < -0.4 is 4.90 Å². The van der Waals surface area contributed by atoms with Crippen LogP contribution in [0.4, 0.5) is 5.69 Å². The summed E-state index contributed by atoms with van der Waals surface area (Å²) in [5, 5.41) is 9.38. The quantitative estimate of drug-likeness (QED) is 0.888. The Labute approximate surface area is 143 Å². The fourth-order valence-corrected chi connectivity index (χ4v) is 5.23. The topological polar surface area (TPSA) is 77.9 Å². The van der Waals surface area contributed by atoms with Crippen LogP contribution in [0.3, 0.4) is 0 Å². The van der Waals surface area contributed by atoms with Crippen LogP contribution in [0.15, 0.2) is 23.1 Å². The molecule has 0 aliphatic carbocycles. The maximum absolute atomic E-state index is 12.9. The molecule has 0 radical (unpaired) electrons. The van der Waals surface area contributed by atoms with E-state index in [4.69, 9.17) is 0 Å². The summed E-state index contributed by atoms with van der Waals surface area (Å²) in [6.07, 6.45) is 1.74. The van der Waals surface area contributed by atoms with Crippen LogP contribution in [0.5, 0.6) is 0 Å². The number of fused-ring (bicyclic) bond motifs is 1. The van der Waals surface area contributed by atoms with E-state index >= 15 is 0 Å². The summed E-state index contributed by atoms with van der Waals surface area (Å²) in [6.45, 7) is 4.84. The van der Waals surface area contributed by atoms with Crippen LogP contribution in [-0.2, 0) is 21.2 Å². The van der Waals surface area contributed by atoms with Gasteiger partial charge in [-0.2, -0.15) is 4.31 Å². The van der Waals surface area contributed by atoms with Crippen molar-refractivity contribution < 1.29 is 18.3 Å². The van der Waals surface area contributed by atoms with Crippen molar-refractivity contribution in [2.75, 3.05) is 31.1 Å². The van der Waals surface area contributed by atoms with E-state index in [0.717, 1.165) is 18.4 Å². The van der Waals surface area contributed by atoms with Crippen LogP contribution in [0, 0.1) is 11.8 Å². The number of aliphatic hydroxyl groups excluding tert-OH is 1. The fraction of sp³-hybridized carbons (Fsp3) is 0.588. The minimum atomic E-state index is -3.61. The molecular formula is C17H24N2O4S. The molecule has 0 saturated carbocycles. The summed E-state index contributed by atoms with van der Waals surface area (Å²) in [5.74, 6) is 0.0443. The summed E-state index contributed by atoms with van der Waals surface area (Å²) in [6, 6.07) is 5.08. The summed E-state index contributed by atoms with van der Waals surface area (Å²) >= 11 is 0. The van der Waals surface area contributed by atoms with Gasteiger partial charge >= 0.3 is 0 Å². The van der Waals surface area contributed by atoms with Gasteiger partial charge in [-0.05, 0) is 42.4 Å². The van der Waals surface area contributed by atoms with Gasteiger partial charge in [0.15, 0.2) is 0 Å². The lowest BCUT2D eigenvalue weighted by atomic mass is 10.00. The van der Waals surface area contributed by atoms with Gasteiger partial charge in [0, 0.05) is 38.9 Å². The van der Waals surface area contributed by atoms with E-state index < -0.39 is 10.0 Å². The first-order chi connectivity index (χ1) is 11.3. The molecular weight excluding hydrogens is 328 g/mol. The maximum atomic E-state index is 12.9. The number of anilines is 1. The van der Waals surface area contributed by atoms with Crippen molar-refractivity contribution in [3.05, 3.63) is 23.8 Å². The Morgan fingerprint density at radius 2 is 2.08 bits per heavy atom. The second-order valence-electron chi connectivity index (χ2n) is 6.81. The lowest BCUT2D eigenvalue weighted by molar-refractivity contribution is -0.116. The molecule has 1 aromatic rings. The Morgan fingerprint density at radius 1 is 1.33 bits per heavy atom. The largest absolute Gasteiger partial charge is 0.396 e. The van der Waals surface area contributed by atoms with Crippen molar-refractivity contribution in [3.8, 4) is 0 Å². The maximum Gasteiger partial charge on any atom is 0.243 e. The van der Waals surface area contributed by atoms with E-state index in [9.17, 15) is 18.3 Å². The smallest absolute Gasteiger partial charge is 0.243 e. The van der Waals surface area contributed by atoms with E-state index in [1.54, 1.807) is 17.0 Å². The number of carbonyl (C=O) groups is 1. The third-order valence-corrected chi connectivity index (χ3v) is 6.99. The first-order valence-corrected chi connectivity index (χ1v) is 9.80. The number of carbonyl (C=O) groups excluding carboxylic acids is 1. The number of hydrogen-bond acceptors (Lipinski definition) is 4. The van der Waals surface area contributed by atoms with E-state index in [0.29, 0.717) is 25.3 Å². The van der Waals surface area contributed by atoms with E-state index in [2.05, 4.69) is 0 Å². The molecule has 2 heterocycles. The molecule has 1 saturated heterocycles. The summed E-state index contributed by atoms with van der Waals surface area (Å²) in [7, 11) is -3.61. The highest BCUT2D eigenvalue weighted by Gasteiger charge is 2.37. The lowest BCUT2D eigenvalue weighted by Gasteiger charge is -2.29. The number of nitrogens with zero attached hydrogens (tertiary/aromatic N) is 2. The van der Waals surface area contributed by atoms with Gasteiger partial charge < -0.3 is 10.0 Å². The minimum absolute atomic E-state index is 0.00448. The molecule has 0 bridgehead atoms. The molecule has 0 aromatic heterocycles. The molecule has 1 fully saturated rings. The molecule has 7 heteroatoms. The Kier molecular flexibility index (Phi) is 4.68. The standard InChI is InChI=1S/C17H24N2O4S/c1-12-9-18(10-15(12)11-20)24(22,23)16-6-5-14-4-3-7-19(13(2)21)17(14)8-16/h5-6,8,12,15,20H,3-4,7,9-11H2,1-2H3/t12-,15+/m1/s1. The average Bonchev–Trinajstić information content (AvgIpc) is 2.95. The van der Waals surface area contributed by atoms with Gasteiger partial charge in [-0.15, -0.1) is 0 Å². The highest BCUT2D eigenvalue weighted by molar-refractivity contribution is 7.89. The van der Waals surface area contributed by atoms with Crippen molar-refractivity contribution in [2.45, 2.75) is 31.6 Å². The molecule has 24 heavy (non-hydrogen) atoms. The Bertz CT molecular complexity index is 747. The minimum Gasteiger partial charge on any atom is -0.396 e. The molecule has 2 aliphatic rings. The van der Waals surface area contributed by atoms with Crippen molar-refractivity contribution in [2.24, 2.45) is 11.8 Å². The van der Waals surface area contributed by atoms with Crippen molar-refractivity contribution in [3.63, 3.8) is 0 Å². The molecule has 0 spiro atoms. The van der Waals surface area contributed by atoms with Gasteiger partial charge in [-0.25, -0.2) is 8.42 Å². The number of rotatable bonds is 3.